The van der Waals surface area contributed by atoms with Crippen LogP contribution < -0.4 is 14.8 Å². The minimum Gasteiger partial charge on any atom is -0.497 e. The molecule has 1 heterocycles. The van der Waals surface area contributed by atoms with Crippen molar-refractivity contribution in [1.29, 1.82) is 0 Å². The number of benzene rings is 2. The molecule has 28 heavy (non-hydrogen) atoms. The fourth-order valence-electron chi connectivity index (χ4n) is 3.05. The van der Waals surface area contributed by atoms with Crippen molar-refractivity contribution in [2.24, 2.45) is 0 Å². The van der Waals surface area contributed by atoms with Crippen molar-refractivity contribution in [2.75, 3.05) is 26.1 Å². The fraction of sp³-hybridized carbons (Fsp3) is 0.286. The number of ether oxygens (including phenoxy) is 2. The Morgan fingerprint density at radius 1 is 1.00 bits per heavy atom. The molecule has 7 nitrogen and oxygen atoms in total. The summed E-state index contributed by atoms with van der Waals surface area (Å²) in [6.07, 6.45) is 1.63. The lowest BCUT2D eigenvalue weighted by atomic mass is 10.1. The van der Waals surface area contributed by atoms with E-state index in [0.717, 1.165) is 12.8 Å². The average molecular weight is 382 g/mol. The third kappa shape index (κ3) is 3.55. The molecule has 0 bridgehead atoms. The van der Waals surface area contributed by atoms with Crippen molar-refractivity contribution >= 4 is 23.4 Å². The largest absolute Gasteiger partial charge is 0.497 e. The van der Waals surface area contributed by atoms with Gasteiger partial charge in [0, 0.05) is 18.2 Å². The molecule has 2 aromatic carbocycles. The molecule has 2 aromatic rings. The number of unbranched alkanes of at least 4 members (excludes halogenated alkanes) is 1. The minimum atomic E-state index is -0.404. The van der Waals surface area contributed by atoms with E-state index in [1.807, 2.05) is 6.92 Å². The average Bonchev–Trinajstić information content (AvgIpc) is 2.96. The van der Waals surface area contributed by atoms with E-state index in [9.17, 15) is 14.4 Å². The molecule has 146 valence electrons. The normalized spacial score (nSPS) is 12.8. The van der Waals surface area contributed by atoms with Crippen LogP contribution in [0.3, 0.4) is 0 Å². The summed E-state index contributed by atoms with van der Waals surface area (Å²) in [7, 11) is 3.04. The first-order valence-electron chi connectivity index (χ1n) is 9.03. The first-order chi connectivity index (χ1) is 13.5. The smallest absolute Gasteiger partial charge is 0.261 e. The molecule has 0 saturated carbocycles. The summed E-state index contributed by atoms with van der Waals surface area (Å²) in [5.74, 6) is -0.0181. The number of nitrogens with one attached hydrogen (secondary N) is 1. The second-order valence-corrected chi connectivity index (χ2v) is 6.40. The van der Waals surface area contributed by atoms with Crippen molar-refractivity contribution in [3.8, 4) is 11.5 Å². The minimum absolute atomic E-state index is 0.260. The van der Waals surface area contributed by atoms with E-state index in [4.69, 9.17) is 9.47 Å². The van der Waals surface area contributed by atoms with Gasteiger partial charge < -0.3 is 14.8 Å². The van der Waals surface area contributed by atoms with Crippen LogP contribution in [0.2, 0.25) is 0 Å². The van der Waals surface area contributed by atoms with Crippen LogP contribution in [0.25, 0.3) is 0 Å². The van der Waals surface area contributed by atoms with E-state index < -0.39 is 5.91 Å². The van der Waals surface area contributed by atoms with Gasteiger partial charge in [0.1, 0.15) is 11.5 Å². The summed E-state index contributed by atoms with van der Waals surface area (Å²) < 4.78 is 10.4. The number of anilines is 1. The molecule has 3 amide bonds. The zero-order valence-corrected chi connectivity index (χ0v) is 16.1. The third-order valence-corrected chi connectivity index (χ3v) is 4.63. The van der Waals surface area contributed by atoms with Crippen LogP contribution in [0.4, 0.5) is 5.69 Å². The summed E-state index contributed by atoms with van der Waals surface area (Å²) in [5.41, 5.74) is 1.35. The van der Waals surface area contributed by atoms with Crippen LogP contribution >= 0.6 is 0 Å². The standard InChI is InChI=1S/C21H22N2O5/c1-4-5-10-23-20(25)15-8-6-13(11-16(15)21(23)26)19(24)22-17-9-7-14(27-2)12-18(17)28-3/h6-9,11-12H,4-5,10H2,1-3H3,(H,22,24). The Morgan fingerprint density at radius 2 is 1.75 bits per heavy atom. The molecule has 0 fully saturated rings. The number of hydrogen-bond donors (Lipinski definition) is 1. The highest BCUT2D eigenvalue weighted by Gasteiger charge is 2.35. The number of carbonyl (C=O) groups is 3. The zero-order valence-electron chi connectivity index (χ0n) is 16.1. The first kappa shape index (κ1) is 19.4. The maximum Gasteiger partial charge on any atom is 0.261 e. The van der Waals surface area contributed by atoms with Gasteiger partial charge in [-0.2, -0.15) is 0 Å². The highest BCUT2D eigenvalue weighted by atomic mass is 16.5. The van der Waals surface area contributed by atoms with Crippen molar-refractivity contribution < 1.29 is 23.9 Å². The predicted molar refractivity (Wildman–Crippen MR) is 104 cm³/mol. The van der Waals surface area contributed by atoms with Crippen LogP contribution in [-0.2, 0) is 0 Å². The molecule has 0 unspecified atom stereocenters. The van der Waals surface area contributed by atoms with Gasteiger partial charge in [-0.1, -0.05) is 13.3 Å². The Balaban J connectivity index is 1.83. The van der Waals surface area contributed by atoms with E-state index in [2.05, 4.69) is 5.32 Å². The lowest BCUT2D eigenvalue weighted by Crippen LogP contribution is -2.30. The molecular weight excluding hydrogens is 360 g/mol. The van der Waals surface area contributed by atoms with Gasteiger partial charge in [0.15, 0.2) is 0 Å². The van der Waals surface area contributed by atoms with Gasteiger partial charge in [-0.3, -0.25) is 19.3 Å². The zero-order chi connectivity index (χ0) is 20.3. The number of amides is 3. The molecule has 1 aliphatic heterocycles. The van der Waals surface area contributed by atoms with E-state index in [0.29, 0.717) is 29.3 Å². The molecule has 0 aromatic heterocycles. The Morgan fingerprint density at radius 3 is 2.43 bits per heavy atom. The van der Waals surface area contributed by atoms with E-state index in [1.165, 1.54) is 24.1 Å². The maximum absolute atomic E-state index is 12.7. The number of hydrogen-bond acceptors (Lipinski definition) is 5. The number of imide groups is 1. The first-order valence-corrected chi connectivity index (χ1v) is 9.03. The van der Waals surface area contributed by atoms with Gasteiger partial charge in [-0.15, -0.1) is 0 Å². The maximum atomic E-state index is 12.7. The Labute approximate surface area is 163 Å². The molecule has 0 saturated heterocycles. The molecule has 1 N–H and O–H groups in total. The van der Waals surface area contributed by atoms with Gasteiger partial charge in [-0.05, 0) is 36.8 Å². The molecule has 1 aliphatic rings. The van der Waals surface area contributed by atoms with E-state index >= 15 is 0 Å². The van der Waals surface area contributed by atoms with Crippen LogP contribution in [0, 0.1) is 0 Å². The number of rotatable bonds is 7. The Bertz CT molecular complexity index is 938. The van der Waals surface area contributed by atoms with Crippen LogP contribution in [0.15, 0.2) is 36.4 Å². The summed E-state index contributed by atoms with van der Waals surface area (Å²) >= 11 is 0. The van der Waals surface area contributed by atoms with Crippen molar-refractivity contribution in [3.63, 3.8) is 0 Å². The van der Waals surface area contributed by atoms with Crippen LogP contribution in [-0.4, -0.2) is 43.4 Å². The second-order valence-electron chi connectivity index (χ2n) is 6.40. The molecule has 0 aliphatic carbocycles. The topological polar surface area (TPSA) is 84.9 Å². The number of fused-ring (bicyclic) bond motifs is 1. The molecule has 0 atom stereocenters. The van der Waals surface area contributed by atoms with Gasteiger partial charge in [-0.25, -0.2) is 0 Å². The van der Waals surface area contributed by atoms with Gasteiger partial charge in [0.05, 0.1) is 31.0 Å². The highest BCUT2D eigenvalue weighted by molar-refractivity contribution is 6.22. The van der Waals surface area contributed by atoms with E-state index in [1.54, 1.807) is 31.4 Å². The molecule has 0 radical (unpaired) electrons. The summed E-state index contributed by atoms with van der Waals surface area (Å²) in [4.78, 5) is 38.9. The van der Waals surface area contributed by atoms with Crippen molar-refractivity contribution in [1.82, 2.24) is 4.90 Å². The van der Waals surface area contributed by atoms with Crippen molar-refractivity contribution in [2.45, 2.75) is 19.8 Å². The predicted octanol–water partition coefficient (Wildman–Crippen LogP) is 3.35. The summed E-state index contributed by atoms with van der Waals surface area (Å²) in [5, 5.41) is 2.76. The van der Waals surface area contributed by atoms with E-state index in [-0.39, 0.29) is 22.9 Å². The number of methoxy groups -OCH3 is 2. The number of carbonyl (C=O) groups excluding carboxylic acids is 3. The van der Waals surface area contributed by atoms with Gasteiger partial charge >= 0.3 is 0 Å². The highest BCUT2D eigenvalue weighted by Crippen LogP contribution is 2.30. The monoisotopic (exact) mass is 382 g/mol. The van der Waals surface area contributed by atoms with Crippen molar-refractivity contribution in [3.05, 3.63) is 53.1 Å². The van der Waals surface area contributed by atoms with Crippen LogP contribution in [0.5, 0.6) is 11.5 Å². The molecule has 3 rings (SSSR count). The fourth-order valence-corrected chi connectivity index (χ4v) is 3.05. The quantitative estimate of drug-likeness (QED) is 0.743. The molecule has 7 heteroatoms. The lowest BCUT2D eigenvalue weighted by Gasteiger charge is -2.12. The van der Waals surface area contributed by atoms with Crippen LogP contribution in [0.1, 0.15) is 50.8 Å². The Hall–Kier alpha value is -3.35. The summed E-state index contributed by atoms with van der Waals surface area (Å²) in [6.45, 7) is 2.38. The third-order valence-electron chi connectivity index (χ3n) is 4.63. The summed E-state index contributed by atoms with van der Waals surface area (Å²) in [6, 6.07) is 9.57. The molecular formula is C21H22N2O5. The lowest BCUT2D eigenvalue weighted by molar-refractivity contribution is 0.0652. The Kier molecular flexibility index (Phi) is 5.63. The van der Waals surface area contributed by atoms with Gasteiger partial charge in [0.2, 0.25) is 0 Å². The SMILES string of the molecule is CCCCN1C(=O)c2ccc(C(=O)Nc3ccc(OC)cc3OC)cc2C1=O. The number of nitrogens with zero attached hydrogens (tertiary/aromatic N) is 1. The molecule has 0 spiro atoms. The second kappa shape index (κ2) is 8.12. The van der Waals surface area contributed by atoms with Gasteiger partial charge in [0.25, 0.3) is 17.7 Å².